The number of rotatable bonds is 4. The highest BCUT2D eigenvalue weighted by Gasteiger charge is 2.34. The molecule has 1 aromatic carbocycles. The van der Waals surface area contributed by atoms with Crippen LogP contribution < -0.4 is 5.73 Å². The zero-order chi connectivity index (χ0) is 14.6. The quantitative estimate of drug-likeness (QED) is 0.681. The van der Waals surface area contributed by atoms with Gasteiger partial charge >= 0.3 is 12.1 Å². The zero-order valence-electron chi connectivity index (χ0n) is 10.1. The molecule has 0 unspecified atom stereocenters. The summed E-state index contributed by atoms with van der Waals surface area (Å²) in [5.74, 6) is -1.99. The lowest BCUT2D eigenvalue weighted by molar-refractivity contribution is -0.143. The Hall–Kier alpha value is -1.63. The van der Waals surface area contributed by atoms with E-state index in [1.54, 1.807) is 6.92 Å². The number of alkyl halides is 3. The first-order valence-corrected chi connectivity index (χ1v) is 5.53. The molecule has 0 amide bonds. The van der Waals surface area contributed by atoms with Gasteiger partial charge in [0.05, 0.1) is 18.6 Å². The number of esters is 1. The van der Waals surface area contributed by atoms with Crippen LogP contribution in [0.25, 0.3) is 0 Å². The fourth-order valence-corrected chi connectivity index (χ4v) is 1.51. The molecule has 0 bridgehead atoms. The molecule has 19 heavy (non-hydrogen) atoms. The van der Waals surface area contributed by atoms with E-state index in [1.165, 1.54) is 0 Å². The van der Waals surface area contributed by atoms with Crippen LogP contribution in [0.4, 0.5) is 17.6 Å². The van der Waals surface area contributed by atoms with Crippen molar-refractivity contribution in [3.63, 3.8) is 0 Å². The van der Waals surface area contributed by atoms with E-state index in [1.807, 2.05) is 0 Å². The van der Waals surface area contributed by atoms with Gasteiger partial charge in [-0.2, -0.15) is 13.2 Å². The summed E-state index contributed by atoms with van der Waals surface area (Å²) in [6, 6.07) is 1.44. The molecule has 7 heteroatoms. The van der Waals surface area contributed by atoms with Gasteiger partial charge in [-0.15, -0.1) is 0 Å². The Bertz CT molecular complexity index is 460. The van der Waals surface area contributed by atoms with E-state index < -0.39 is 29.6 Å². The number of hydrogen-bond donors (Lipinski definition) is 1. The highest BCUT2D eigenvalue weighted by atomic mass is 19.4. The van der Waals surface area contributed by atoms with Crippen molar-refractivity contribution >= 4 is 5.97 Å². The van der Waals surface area contributed by atoms with Crippen molar-refractivity contribution in [2.45, 2.75) is 25.6 Å². The van der Waals surface area contributed by atoms with Gasteiger partial charge in [0.1, 0.15) is 5.82 Å². The molecule has 0 saturated carbocycles. The highest BCUT2D eigenvalue weighted by Crippen LogP contribution is 2.33. The Balaban J connectivity index is 2.93. The van der Waals surface area contributed by atoms with Crippen LogP contribution in [0.1, 0.15) is 30.5 Å². The normalized spacial score (nSPS) is 13.2. The van der Waals surface area contributed by atoms with Gasteiger partial charge < -0.3 is 10.5 Å². The monoisotopic (exact) mass is 279 g/mol. The van der Waals surface area contributed by atoms with E-state index in [0.717, 1.165) is 6.07 Å². The third-order valence-electron chi connectivity index (χ3n) is 2.42. The van der Waals surface area contributed by atoms with Crippen LogP contribution in [0.5, 0.6) is 0 Å². The van der Waals surface area contributed by atoms with Crippen LogP contribution in [0.15, 0.2) is 18.2 Å². The summed E-state index contributed by atoms with van der Waals surface area (Å²) in [5.41, 5.74) is 4.23. The first kappa shape index (κ1) is 15.4. The van der Waals surface area contributed by atoms with Gasteiger partial charge in [-0.1, -0.05) is 6.07 Å². The summed E-state index contributed by atoms with van der Waals surface area (Å²) in [4.78, 5) is 11.2. The molecule has 0 heterocycles. The minimum atomic E-state index is -4.80. The van der Waals surface area contributed by atoms with Crippen molar-refractivity contribution in [3.8, 4) is 0 Å². The van der Waals surface area contributed by atoms with E-state index in [0.29, 0.717) is 12.1 Å². The largest absolute Gasteiger partial charge is 0.466 e. The Kier molecular flexibility index (Phi) is 4.88. The van der Waals surface area contributed by atoms with Gasteiger partial charge in [-0.3, -0.25) is 4.79 Å². The predicted molar refractivity (Wildman–Crippen MR) is 59.6 cm³/mol. The van der Waals surface area contributed by atoms with Crippen molar-refractivity contribution in [3.05, 3.63) is 35.1 Å². The van der Waals surface area contributed by atoms with Gasteiger partial charge in [0, 0.05) is 6.04 Å². The lowest BCUT2D eigenvalue weighted by atomic mass is 10.0. The maximum Gasteiger partial charge on any atom is 0.419 e. The van der Waals surface area contributed by atoms with Crippen molar-refractivity contribution in [2.75, 3.05) is 6.61 Å². The SMILES string of the molecule is CCOC(=O)C[C@H](N)c1ccc(F)c(C(F)(F)F)c1. The lowest BCUT2D eigenvalue weighted by Gasteiger charge is -2.14. The van der Waals surface area contributed by atoms with Crippen molar-refractivity contribution in [1.29, 1.82) is 0 Å². The van der Waals surface area contributed by atoms with E-state index in [4.69, 9.17) is 5.73 Å². The maximum atomic E-state index is 13.1. The van der Waals surface area contributed by atoms with E-state index >= 15 is 0 Å². The summed E-state index contributed by atoms with van der Waals surface area (Å²) in [6.45, 7) is 1.76. The summed E-state index contributed by atoms with van der Waals surface area (Å²) in [6.07, 6.45) is -5.07. The third kappa shape index (κ3) is 4.20. The minimum Gasteiger partial charge on any atom is -0.466 e. The van der Waals surface area contributed by atoms with Gasteiger partial charge in [0.15, 0.2) is 0 Å². The van der Waals surface area contributed by atoms with Crippen LogP contribution in [0.2, 0.25) is 0 Å². The fraction of sp³-hybridized carbons (Fsp3) is 0.417. The second-order valence-corrected chi connectivity index (χ2v) is 3.85. The Morgan fingerprint density at radius 2 is 2.05 bits per heavy atom. The van der Waals surface area contributed by atoms with Crippen molar-refractivity contribution < 1.29 is 27.1 Å². The molecule has 0 aliphatic rings. The average Bonchev–Trinajstić information content (AvgIpc) is 2.27. The summed E-state index contributed by atoms with van der Waals surface area (Å²) >= 11 is 0. The number of carbonyl (C=O) groups excluding carboxylic acids is 1. The molecule has 1 rings (SSSR count). The molecule has 2 N–H and O–H groups in total. The van der Waals surface area contributed by atoms with Crippen LogP contribution in [0.3, 0.4) is 0 Å². The molecule has 1 aromatic rings. The molecule has 106 valence electrons. The van der Waals surface area contributed by atoms with Gasteiger partial charge in [0.25, 0.3) is 0 Å². The lowest BCUT2D eigenvalue weighted by Crippen LogP contribution is -2.18. The molecule has 1 atom stereocenters. The van der Waals surface area contributed by atoms with Crippen LogP contribution in [0, 0.1) is 5.82 Å². The smallest absolute Gasteiger partial charge is 0.419 e. The average molecular weight is 279 g/mol. The summed E-state index contributed by atoms with van der Waals surface area (Å²) in [5, 5.41) is 0. The number of benzene rings is 1. The van der Waals surface area contributed by atoms with Crippen molar-refractivity contribution in [2.24, 2.45) is 5.73 Å². The van der Waals surface area contributed by atoms with E-state index in [2.05, 4.69) is 4.74 Å². The molecule has 0 aromatic heterocycles. The van der Waals surface area contributed by atoms with Crippen LogP contribution in [-0.4, -0.2) is 12.6 Å². The number of ether oxygens (including phenoxy) is 1. The standard InChI is InChI=1S/C12H13F4NO2/c1-2-19-11(18)6-10(17)7-3-4-9(13)8(5-7)12(14,15)16/h3-5,10H,2,6,17H2,1H3/t10-/m0/s1. The minimum absolute atomic E-state index is 0.0294. The van der Waals surface area contributed by atoms with E-state index in [-0.39, 0.29) is 18.6 Å². The first-order valence-electron chi connectivity index (χ1n) is 5.53. The molecule has 0 aliphatic carbocycles. The third-order valence-corrected chi connectivity index (χ3v) is 2.42. The molecule has 0 fully saturated rings. The molecule has 0 radical (unpaired) electrons. The zero-order valence-corrected chi connectivity index (χ0v) is 10.1. The Morgan fingerprint density at radius 1 is 1.42 bits per heavy atom. The van der Waals surface area contributed by atoms with Gasteiger partial charge in [-0.05, 0) is 24.6 Å². The summed E-state index contributed by atoms with van der Waals surface area (Å²) in [7, 11) is 0. The molecule has 3 nitrogen and oxygen atoms in total. The molecule has 0 aliphatic heterocycles. The number of nitrogens with two attached hydrogens (primary N) is 1. The van der Waals surface area contributed by atoms with E-state index in [9.17, 15) is 22.4 Å². The molecular formula is C12H13F4NO2. The van der Waals surface area contributed by atoms with Crippen LogP contribution >= 0.6 is 0 Å². The highest BCUT2D eigenvalue weighted by molar-refractivity contribution is 5.70. The van der Waals surface area contributed by atoms with Crippen molar-refractivity contribution in [1.82, 2.24) is 0 Å². The first-order chi connectivity index (χ1) is 8.75. The number of hydrogen-bond acceptors (Lipinski definition) is 3. The Morgan fingerprint density at radius 3 is 2.58 bits per heavy atom. The van der Waals surface area contributed by atoms with Gasteiger partial charge in [-0.25, -0.2) is 4.39 Å². The topological polar surface area (TPSA) is 52.3 Å². The molecule has 0 spiro atoms. The maximum absolute atomic E-state index is 13.1. The molecular weight excluding hydrogens is 266 g/mol. The molecule has 0 saturated heterocycles. The number of halogens is 4. The fourth-order valence-electron chi connectivity index (χ4n) is 1.51. The van der Waals surface area contributed by atoms with Gasteiger partial charge in [0.2, 0.25) is 0 Å². The second-order valence-electron chi connectivity index (χ2n) is 3.85. The van der Waals surface area contributed by atoms with Crippen LogP contribution in [-0.2, 0) is 15.7 Å². The summed E-state index contributed by atoms with van der Waals surface area (Å²) < 4.78 is 55.2. The predicted octanol–water partition coefficient (Wildman–Crippen LogP) is 2.80. The Labute approximate surface area is 107 Å². The number of carbonyl (C=O) groups is 1. The second kappa shape index (κ2) is 6.01.